The third-order valence-electron chi connectivity index (χ3n) is 1.62. The maximum Gasteiger partial charge on any atom is 0.223 e. The number of nitrogens with zero attached hydrogens (tertiary/aromatic N) is 3. The third-order valence-corrected chi connectivity index (χ3v) is 2.90. The smallest absolute Gasteiger partial charge is 0.223 e. The predicted molar refractivity (Wildman–Crippen MR) is 78.7 cm³/mol. The van der Waals surface area contributed by atoms with Crippen LogP contribution in [0.1, 0.15) is 5.56 Å². The Morgan fingerprint density at radius 2 is 2.00 bits per heavy atom. The average Bonchev–Trinajstić information content (AvgIpc) is 2.20. The van der Waals surface area contributed by atoms with E-state index in [4.69, 9.17) is 22.5 Å². The number of nitrogens with two attached hydrogens (primary N) is 3. The van der Waals surface area contributed by atoms with Gasteiger partial charge in [-0.15, -0.1) is 0 Å². The molecule has 0 spiro atoms. The summed E-state index contributed by atoms with van der Waals surface area (Å²) in [4.78, 5) is 7.59. The van der Waals surface area contributed by atoms with Crippen LogP contribution in [0.15, 0.2) is 26.6 Å². The number of nitriles is 1. The number of benzene rings is 1. The first kappa shape index (κ1) is 13.7. The van der Waals surface area contributed by atoms with Crippen molar-refractivity contribution in [1.82, 2.24) is 0 Å². The van der Waals surface area contributed by atoms with Gasteiger partial charge in [0.1, 0.15) is 6.07 Å². The minimum atomic E-state index is -0.183. The monoisotopic (exact) mass is 406 g/mol. The molecule has 0 aromatic heterocycles. The largest absolute Gasteiger partial charge is 0.370 e. The lowest BCUT2D eigenvalue weighted by Gasteiger charge is -2.03. The summed E-state index contributed by atoms with van der Waals surface area (Å²) in [5.74, 6) is -0.279. The molecule has 1 rings (SSSR count). The van der Waals surface area contributed by atoms with E-state index in [9.17, 15) is 0 Å². The first-order chi connectivity index (χ1) is 7.93. The van der Waals surface area contributed by atoms with Crippen molar-refractivity contribution in [3.05, 3.63) is 25.7 Å². The number of rotatable bonds is 1. The van der Waals surface area contributed by atoms with Crippen LogP contribution in [0.3, 0.4) is 0 Å². The van der Waals surface area contributed by atoms with Crippen molar-refractivity contribution in [3.8, 4) is 6.07 Å². The molecular weight excluding hydrogens is 399 g/mol. The van der Waals surface area contributed by atoms with Crippen LogP contribution in [0.5, 0.6) is 0 Å². The normalized spacial score (nSPS) is 10.8. The molecule has 0 radical (unpaired) electrons. The molecule has 6 N–H and O–H groups in total. The molecular formula is C9H8BrIN6. The molecule has 0 aliphatic rings. The van der Waals surface area contributed by atoms with Gasteiger partial charge >= 0.3 is 0 Å². The predicted octanol–water partition coefficient (Wildman–Crippen LogP) is 1.14. The number of hydrogen-bond acceptors (Lipinski definition) is 2. The number of hydrogen-bond donors (Lipinski definition) is 3. The van der Waals surface area contributed by atoms with Gasteiger partial charge in [-0.2, -0.15) is 10.3 Å². The highest BCUT2D eigenvalue weighted by atomic mass is 127. The molecule has 0 bridgehead atoms. The van der Waals surface area contributed by atoms with Crippen LogP contribution >= 0.6 is 38.5 Å². The van der Waals surface area contributed by atoms with E-state index >= 15 is 0 Å². The Hall–Kier alpha value is -1.34. The van der Waals surface area contributed by atoms with Gasteiger partial charge in [0.15, 0.2) is 5.96 Å². The van der Waals surface area contributed by atoms with Gasteiger partial charge in [-0.05, 0) is 34.7 Å². The van der Waals surface area contributed by atoms with Crippen LogP contribution in [-0.2, 0) is 0 Å². The van der Waals surface area contributed by atoms with Crippen molar-refractivity contribution in [2.45, 2.75) is 0 Å². The van der Waals surface area contributed by atoms with E-state index < -0.39 is 0 Å². The van der Waals surface area contributed by atoms with E-state index in [1.807, 2.05) is 34.7 Å². The first-order valence-electron chi connectivity index (χ1n) is 4.27. The average molecular weight is 407 g/mol. The summed E-state index contributed by atoms with van der Waals surface area (Å²) >= 11 is 5.34. The molecule has 0 unspecified atom stereocenters. The first-order valence-corrected chi connectivity index (χ1v) is 6.14. The van der Waals surface area contributed by atoms with Crippen LogP contribution in [-0.4, -0.2) is 11.9 Å². The van der Waals surface area contributed by atoms with Crippen LogP contribution in [0.2, 0.25) is 0 Å². The second-order valence-corrected chi connectivity index (χ2v) is 4.98. The molecule has 17 heavy (non-hydrogen) atoms. The minimum absolute atomic E-state index is 0.0956. The molecule has 0 fully saturated rings. The van der Waals surface area contributed by atoms with E-state index in [0.29, 0.717) is 11.3 Å². The fourth-order valence-electron chi connectivity index (χ4n) is 1.04. The highest BCUT2D eigenvalue weighted by Gasteiger charge is 2.08. The Kier molecular flexibility index (Phi) is 4.71. The molecule has 0 heterocycles. The van der Waals surface area contributed by atoms with Gasteiger partial charge in [0.2, 0.25) is 5.96 Å². The minimum Gasteiger partial charge on any atom is -0.370 e. The summed E-state index contributed by atoms with van der Waals surface area (Å²) in [7, 11) is 0. The lowest BCUT2D eigenvalue weighted by Crippen LogP contribution is -2.26. The summed E-state index contributed by atoms with van der Waals surface area (Å²) < 4.78 is 1.56. The number of aliphatic imine (C=N–C) groups is 2. The molecule has 8 heteroatoms. The molecule has 6 nitrogen and oxygen atoms in total. The molecule has 0 aliphatic carbocycles. The van der Waals surface area contributed by atoms with Crippen LogP contribution in [0, 0.1) is 14.9 Å². The number of guanidine groups is 2. The molecule has 88 valence electrons. The molecule has 0 aliphatic heterocycles. The zero-order valence-electron chi connectivity index (χ0n) is 8.48. The van der Waals surface area contributed by atoms with Gasteiger partial charge in [-0.1, -0.05) is 15.9 Å². The molecule has 0 saturated carbocycles. The highest BCUT2D eigenvalue weighted by Crippen LogP contribution is 2.29. The summed E-state index contributed by atoms with van der Waals surface area (Å²) in [6, 6.07) is 5.48. The van der Waals surface area contributed by atoms with Crippen molar-refractivity contribution in [2.75, 3.05) is 0 Å². The summed E-state index contributed by atoms with van der Waals surface area (Å²) in [5, 5.41) is 8.99. The summed E-state index contributed by atoms with van der Waals surface area (Å²) in [5.41, 5.74) is 16.7. The fraction of sp³-hybridized carbons (Fsp3) is 0. The highest BCUT2D eigenvalue weighted by molar-refractivity contribution is 14.1. The molecule has 1 aromatic rings. The topological polar surface area (TPSA) is 127 Å². The molecule has 0 saturated heterocycles. The summed E-state index contributed by atoms with van der Waals surface area (Å²) in [6.07, 6.45) is 0. The van der Waals surface area contributed by atoms with Gasteiger partial charge in [-0.25, -0.2) is 4.99 Å². The Morgan fingerprint density at radius 1 is 1.35 bits per heavy atom. The zero-order chi connectivity index (χ0) is 13.0. The lowest BCUT2D eigenvalue weighted by atomic mass is 10.2. The van der Waals surface area contributed by atoms with Gasteiger partial charge in [-0.3, -0.25) is 0 Å². The van der Waals surface area contributed by atoms with Gasteiger partial charge in [0.25, 0.3) is 0 Å². The molecule has 0 amide bonds. The van der Waals surface area contributed by atoms with E-state index in [-0.39, 0.29) is 11.9 Å². The van der Waals surface area contributed by atoms with Gasteiger partial charge in [0, 0.05) is 8.04 Å². The van der Waals surface area contributed by atoms with Crippen molar-refractivity contribution in [3.63, 3.8) is 0 Å². The number of halogens is 2. The SMILES string of the molecule is N#Cc1cc(Br)cc(I)c1N=C(N)N=C(N)N. The Labute approximate surface area is 120 Å². The van der Waals surface area contributed by atoms with Crippen molar-refractivity contribution < 1.29 is 0 Å². The Morgan fingerprint density at radius 3 is 2.53 bits per heavy atom. The van der Waals surface area contributed by atoms with Crippen molar-refractivity contribution >= 4 is 56.1 Å². The molecule has 1 aromatic carbocycles. The Bertz CT molecular complexity index is 541. The standard InChI is InChI=1S/C9H8BrIN6/c10-5-1-4(3-12)7(6(11)2-5)16-9(15)17-8(13)14/h1-2H,(H6,13,14,15,16,17). The van der Waals surface area contributed by atoms with Crippen LogP contribution < -0.4 is 17.2 Å². The second-order valence-electron chi connectivity index (χ2n) is 2.90. The quantitative estimate of drug-likeness (QED) is 0.367. The zero-order valence-corrected chi connectivity index (χ0v) is 12.2. The van der Waals surface area contributed by atoms with E-state index in [1.54, 1.807) is 6.07 Å². The van der Waals surface area contributed by atoms with E-state index in [1.165, 1.54) is 0 Å². The van der Waals surface area contributed by atoms with Crippen molar-refractivity contribution in [2.24, 2.45) is 27.2 Å². The third kappa shape index (κ3) is 3.86. The fourth-order valence-corrected chi connectivity index (χ4v) is 2.67. The van der Waals surface area contributed by atoms with Crippen LogP contribution in [0.25, 0.3) is 0 Å². The Balaban J connectivity index is 3.33. The second kappa shape index (κ2) is 5.83. The van der Waals surface area contributed by atoms with Crippen LogP contribution in [0.4, 0.5) is 5.69 Å². The van der Waals surface area contributed by atoms with Crippen molar-refractivity contribution in [1.29, 1.82) is 5.26 Å². The van der Waals surface area contributed by atoms with Gasteiger partial charge < -0.3 is 17.2 Å². The molecule has 0 atom stereocenters. The van der Waals surface area contributed by atoms with E-state index in [0.717, 1.165) is 8.04 Å². The van der Waals surface area contributed by atoms with E-state index in [2.05, 4.69) is 25.9 Å². The lowest BCUT2D eigenvalue weighted by molar-refractivity contribution is 1.35. The summed E-state index contributed by atoms with van der Waals surface area (Å²) in [6.45, 7) is 0. The maximum absolute atomic E-state index is 8.99. The maximum atomic E-state index is 8.99. The van der Waals surface area contributed by atoms with Gasteiger partial charge in [0.05, 0.1) is 11.3 Å².